The van der Waals surface area contributed by atoms with E-state index in [2.05, 4.69) is 14.8 Å². The number of H-pyrrole nitrogens is 1. The first-order valence-corrected chi connectivity index (χ1v) is 11.4. The van der Waals surface area contributed by atoms with Crippen LogP contribution in [-0.2, 0) is 6.42 Å². The monoisotopic (exact) mass is 457 g/mol. The van der Waals surface area contributed by atoms with Gasteiger partial charge in [-0.3, -0.25) is 9.59 Å². The summed E-state index contributed by atoms with van der Waals surface area (Å²) in [5, 5.41) is 7.25. The summed E-state index contributed by atoms with van der Waals surface area (Å²) in [5.41, 5.74) is 16.2. The smallest absolute Gasteiger partial charge is 0.288 e. The number of benzene rings is 2. The van der Waals surface area contributed by atoms with E-state index in [4.69, 9.17) is 16.2 Å². The minimum Gasteiger partial charge on any atom is -0.496 e. The van der Waals surface area contributed by atoms with E-state index in [9.17, 15) is 9.59 Å². The lowest BCUT2D eigenvalue weighted by Gasteiger charge is -2.12. The molecule has 5 N–H and O–H groups in total. The Hall–Kier alpha value is -4.07. The van der Waals surface area contributed by atoms with Gasteiger partial charge in [-0.1, -0.05) is 49.2 Å². The summed E-state index contributed by atoms with van der Waals surface area (Å²) in [6, 6.07) is 13.8. The number of ether oxygens (including phenoxy) is 1. The molecule has 0 aliphatic heterocycles. The summed E-state index contributed by atoms with van der Waals surface area (Å²) in [4.78, 5) is 24.5. The van der Waals surface area contributed by atoms with E-state index < -0.39 is 5.91 Å². The molecule has 0 unspecified atom stereocenters. The number of hydrogen-bond acceptors (Lipinski definition) is 5. The molecule has 0 bridgehead atoms. The normalized spacial score (nSPS) is 14.0. The zero-order valence-corrected chi connectivity index (χ0v) is 19.0. The Labute approximate surface area is 196 Å². The number of rotatable bonds is 6. The van der Waals surface area contributed by atoms with Crippen LogP contribution in [0.3, 0.4) is 0 Å². The molecule has 1 aliphatic rings. The molecular formula is C26H27N5O3. The maximum absolute atomic E-state index is 12.7. The Morgan fingerprint density at radius 2 is 1.91 bits per heavy atom. The van der Waals surface area contributed by atoms with Crippen molar-refractivity contribution in [2.45, 2.75) is 38.1 Å². The van der Waals surface area contributed by atoms with Crippen LogP contribution in [0.4, 0.5) is 5.82 Å². The molecule has 34 heavy (non-hydrogen) atoms. The van der Waals surface area contributed by atoms with Crippen LogP contribution in [0.15, 0.2) is 53.5 Å². The second-order valence-electron chi connectivity index (χ2n) is 8.79. The third-order valence-electron chi connectivity index (χ3n) is 6.73. The van der Waals surface area contributed by atoms with E-state index in [1.807, 2.05) is 36.5 Å². The van der Waals surface area contributed by atoms with Gasteiger partial charge in [-0.2, -0.15) is 5.10 Å². The summed E-state index contributed by atoms with van der Waals surface area (Å²) >= 11 is 0. The molecule has 1 fully saturated rings. The average Bonchev–Trinajstić information content (AvgIpc) is 3.50. The number of primary amides is 1. The van der Waals surface area contributed by atoms with Crippen molar-refractivity contribution in [3.8, 4) is 16.9 Å². The molecule has 2 aromatic carbocycles. The summed E-state index contributed by atoms with van der Waals surface area (Å²) in [5.74, 6) is 0.295. The maximum atomic E-state index is 12.7. The van der Waals surface area contributed by atoms with Crippen molar-refractivity contribution in [2.75, 3.05) is 12.8 Å². The van der Waals surface area contributed by atoms with Crippen LogP contribution in [0.2, 0.25) is 0 Å². The van der Waals surface area contributed by atoms with Gasteiger partial charge >= 0.3 is 0 Å². The quantitative estimate of drug-likeness (QED) is 0.406. The lowest BCUT2D eigenvalue weighted by atomic mass is 9.98. The molecule has 1 amide bonds. The van der Waals surface area contributed by atoms with Gasteiger partial charge in [0, 0.05) is 24.2 Å². The number of amides is 1. The number of methoxy groups -OCH3 is 1. The Morgan fingerprint density at radius 3 is 2.59 bits per heavy atom. The number of hydrogen-bond donors (Lipinski definition) is 3. The first-order chi connectivity index (χ1) is 16.5. The van der Waals surface area contributed by atoms with Crippen molar-refractivity contribution >= 4 is 22.6 Å². The van der Waals surface area contributed by atoms with Gasteiger partial charge in [0.15, 0.2) is 5.82 Å². The molecule has 0 saturated heterocycles. The maximum Gasteiger partial charge on any atom is 0.288 e. The number of carbonyl (C=O) groups excluding carboxylic acids is 1. The van der Waals surface area contributed by atoms with Crippen LogP contribution in [0, 0.1) is 0 Å². The Morgan fingerprint density at radius 1 is 1.18 bits per heavy atom. The minimum absolute atomic E-state index is 0.222. The lowest BCUT2D eigenvalue weighted by Crippen LogP contribution is -2.15. The van der Waals surface area contributed by atoms with Gasteiger partial charge < -0.3 is 20.8 Å². The van der Waals surface area contributed by atoms with Gasteiger partial charge in [-0.25, -0.2) is 5.10 Å². The molecule has 0 atom stereocenters. The molecule has 5 rings (SSSR count). The number of anilines is 1. The van der Waals surface area contributed by atoms with E-state index in [0.29, 0.717) is 40.5 Å². The number of nitrogen functional groups attached to an aromatic ring is 1. The van der Waals surface area contributed by atoms with Gasteiger partial charge in [0.1, 0.15) is 11.3 Å². The number of aromatic nitrogens is 3. The van der Waals surface area contributed by atoms with Gasteiger partial charge in [-0.15, -0.1) is 0 Å². The molecule has 2 heterocycles. The fourth-order valence-electron chi connectivity index (χ4n) is 5.11. The molecule has 4 aromatic rings. The number of nitrogens with zero attached hydrogens (tertiary/aromatic N) is 2. The molecule has 2 aromatic heterocycles. The molecule has 174 valence electrons. The van der Waals surface area contributed by atoms with Crippen molar-refractivity contribution in [1.82, 2.24) is 14.8 Å². The van der Waals surface area contributed by atoms with E-state index >= 15 is 0 Å². The average molecular weight is 458 g/mol. The Balaban J connectivity index is 1.53. The van der Waals surface area contributed by atoms with Gasteiger partial charge in [0.25, 0.3) is 11.5 Å². The van der Waals surface area contributed by atoms with Gasteiger partial charge in [0.05, 0.1) is 18.1 Å². The van der Waals surface area contributed by atoms with Crippen molar-refractivity contribution in [2.24, 2.45) is 5.73 Å². The summed E-state index contributed by atoms with van der Waals surface area (Å²) in [6.07, 6.45) is 7.05. The fraction of sp³-hybridized carbons (Fsp3) is 0.269. The Kier molecular flexibility index (Phi) is 5.57. The van der Waals surface area contributed by atoms with E-state index in [1.165, 1.54) is 7.11 Å². The van der Waals surface area contributed by atoms with Crippen LogP contribution < -0.4 is 21.8 Å². The third-order valence-corrected chi connectivity index (χ3v) is 6.73. The van der Waals surface area contributed by atoms with Gasteiger partial charge in [-0.05, 0) is 35.6 Å². The molecule has 1 saturated carbocycles. The zero-order chi connectivity index (χ0) is 23.8. The van der Waals surface area contributed by atoms with E-state index in [1.54, 1.807) is 12.1 Å². The lowest BCUT2D eigenvalue weighted by molar-refractivity contribution is 0.0997. The van der Waals surface area contributed by atoms with Crippen LogP contribution in [0.25, 0.3) is 22.0 Å². The SMILES string of the molecule is COc1c(Cc2ccc(-c3cn(C4CCCC4)c4c(=O)[nH]nc(N)c34)cc2)cccc1C(N)=O. The fourth-order valence-corrected chi connectivity index (χ4v) is 5.11. The number of nitrogens with one attached hydrogen (secondary N) is 1. The standard InChI is InChI=1S/C26H27N5O3/c1-34-23-17(5-4-8-19(23)25(28)32)13-15-9-11-16(12-10-15)20-14-31(18-6-2-3-7-18)22-21(20)24(27)29-30-26(22)33/h4-5,8-12,14,18H,2-3,6-7,13H2,1H3,(H2,27,29)(H2,28,32)(H,30,33). The number of fused-ring (bicyclic) bond motifs is 1. The highest BCUT2D eigenvalue weighted by molar-refractivity contribution is 6.02. The first kappa shape index (κ1) is 21.8. The number of para-hydroxylation sites is 1. The molecule has 0 spiro atoms. The third kappa shape index (κ3) is 3.71. The van der Waals surface area contributed by atoms with Crippen LogP contribution in [0.1, 0.15) is 53.2 Å². The van der Waals surface area contributed by atoms with Crippen LogP contribution in [-0.4, -0.2) is 27.8 Å². The predicted octanol–water partition coefficient (Wildman–Crippen LogP) is 3.79. The largest absolute Gasteiger partial charge is 0.496 e. The van der Waals surface area contributed by atoms with E-state index in [-0.39, 0.29) is 5.56 Å². The minimum atomic E-state index is -0.520. The van der Waals surface area contributed by atoms with Crippen molar-refractivity contribution < 1.29 is 9.53 Å². The molecular weight excluding hydrogens is 430 g/mol. The molecule has 1 aliphatic carbocycles. The summed E-state index contributed by atoms with van der Waals surface area (Å²) < 4.78 is 7.56. The Bertz CT molecular complexity index is 1430. The second kappa shape index (κ2) is 8.70. The molecule has 8 nitrogen and oxygen atoms in total. The van der Waals surface area contributed by atoms with E-state index in [0.717, 1.165) is 47.9 Å². The highest BCUT2D eigenvalue weighted by Crippen LogP contribution is 2.38. The van der Waals surface area contributed by atoms with Crippen molar-refractivity contribution in [1.29, 1.82) is 0 Å². The number of carbonyl (C=O) groups is 1. The second-order valence-corrected chi connectivity index (χ2v) is 8.79. The van der Waals surface area contributed by atoms with Crippen molar-refractivity contribution in [3.05, 3.63) is 75.7 Å². The highest BCUT2D eigenvalue weighted by atomic mass is 16.5. The summed E-state index contributed by atoms with van der Waals surface area (Å²) in [6.45, 7) is 0. The van der Waals surface area contributed by atoms with Crippen LogP contribution >= 0.6 is 0 Å². The highest BCUT2D eigenvalue weighted by Gasteiger charge is 2.24. The van der Waals surface area contributed by atoms with Crippen molar-refractivity contribution in [3.63, 3.8) is 0 Å². The topological polar surface area (TPSA) is 129 Å². The summed E-state index contributed by atoms with van der Waals surface area (Å²) in [7, 11) is 1.54. The predicted molar refractivity (Wildman–Crippen MR) is 132 cm³/mol. The first-order valence-electron chi connectivity index (χ1n) is 11.4. The van der Waals surface area contributed by atoms with Crippen LogP contribution in [0.5, 0.6) is 5.75 Å². The molecule has 0 radical (unpaired) electrons. The zero-order valence-electron chi connectivity index (χ0n) is 19.0. The number of nitrogens with two attached hydrogens (primary N) is 2. The molecule has 8 heteroatoms. The number of aromatic amines is 1. The van der Waals surface area contributed by atoms with Gasteiger partial charge in [0.2, 0.25) is 0 Å².